The van der Waals surface area contributed by atoms with Crippen molar-refractivity contribution in [2.75, 3.05) is 19.8 Å². The van der Waals surface area contributed by atoms with E-state index in [1.54, 1.807) is 18.2 Å². The highest BCUT2D eigenvalue weighted by Crippen LogP contribution is 2.31. The van der Waals surface area contributed by atoms with E-state index in [1.807, 2.05) is 43.3 Å². The van der Waals surface area contributed by atoms with Crippen LogP contribution in [0.15, 0.2) is 55.1 Å². The van der Waals surface area contributed by atoms with Gasteiger partial charge < -0.3 is 14.2 Å². The van der Waals surface area contributed by atoms with E-state index in [-0.39, 0.29) is 5.78 Å². The number of carbonyl (C=O) groups is 1. The molecular weight excluding hydrogens is 400 g/mol. The van der Waals surface area contributed by atoms with Crippen LogP contribution >= 0.6 is 0 Å². The number of allylic oxidation sites excluding steroid dienone is 2. The molecule has 0 aromatic heterocycles. The fourth-order valence-corrected chi connectivity index (χ4v) is 3.17. The Labute approximate surface area is 192 Å². The van der Waals surface area contributed by atoms with Gasteiger partial charge in [-0.15, -0.1) is 6.58 Å². The van der Waals surface area contributed by atoms with E-state index < -0.39 is 0 Å². The normalized spacial score (nSPS) is 10.8. The van der Waals surface area contributed by atoms with Gasteiger partial charge >= 0.3 is 0 Å². The van der Waals surface area contributed by atoms with Gasteiger partial charge in [0.2, 0.25) is 0 Å². The molecule has 4 heteroatoms. The van der Waals surface area contributed by atoms with Crippen molar-refractivity contribution >= 4 is 11.9 Å². The second-order valence-corrected chi connectivity index (χ2v) is 7.54. The summed E-state index contributed by atoms with van der Waals surface area (Å²) in [6, 6.07) is 11.1. The molecule has 0 amide bonds. The SMILES string of the molecule is C=CCc1c(/C=C/C(=O)c2ccc(OCC)cc2)cc(OCCCC)cc1OCCCC. The molecule has 0 radical (unpaired) electrons. The minimum Gasteiger partial charge on any atom is -0.494 e. The predicted molar refractivity (Wildman–Crippen MR) is 132 cm³/mol. The first-order valence-electron chi connectivity index (χ1n) is 11.6. The van der Waals surface area contributed by atoms with Gasteiger partial charge in [0.05, 0.1) is 19.8 Å². The van der Waals surface area contributed by atoms with Crippen LogP contribution in [0, 0.1) is 0 Å². The van der Waals surface area contributed by atoms with Crippen LogP contribution in [0.4, 0.5) is 0 Å². The molecule has 0 N–H and O–H groups in total. The van der Waals surface area contributed by atoms with Crippen LogP contribution in [0.5, 0.6) is 17.2 Å². The summed E-state index contributed by atoms with van der Waals surface area (Å²) in [4.78, 5) is 12.7. The van der Waals surface area contributed by atoms with Crippen LogP contribution in [0.2, 0.25) is 0 Å². The standard InChI is InChI=1S/C28H36O4/c1-5-9-18-31-25-20-23(26(11-7-3)28(21-25)32-19-10-6-2)14-17-27(29)22-12-15-24(16-13-22)30-8-4/h7,12-17,20-21H,3,5-6,8-11,18-19H2,1-2,4H3/b17-14+. The first kappa shape index (κ1) is 25.3. The van der Waals surface area contributed by atoms with Crippen LogP contribution in [0.3, 0.4) is 0 Å². The van der Waals surface area contributed by atoms with Gasteiger partial charge in [-0.2, -0.15) is 0 Å². The number of hydrogen-bond acceptors (Lipinski definition) is 4. The van der Waals surface area contributed by atoms with Crippen LogP contribution in [0.25, 0.3) is 6.08 Å². The number of benzene rings is 2. The summed E-state index contributed by atoms with van der Waals surface area (Å²) in [5.74, 6) is 2.24. The van der Waals surface area contributed by atoms with Gasteiger partial charge in [0.15, 0.2) is 5.78 Å². The molecule has 0 spiro atoms. The molecule has 2 aromatic rings. The van der Waals surface area contributed by atoms with E-state index >= 15 is 0 Å². The van der Waals surface area contributed by atoms with Gasteiger partial charge in [-0.3, -0.25) is 4.79 Å². The first-order valence-corrected chi connectivity index (χ1v) is 11.6. The van der Waals surface area contributed by atoms with Crippen molar-refractivity contribution in [3.63, 3.8) is 0 Å². The lowest BCUT2D eigenvalue weighted by molar-refractivity contribution is 0.104. The largest absolute Gasteiger partial charge is 0.494 e. The van der Waals surface area contributed by atoms with E-state index in [9.17, 15) is 4.79 Å². The van der Waals surface area contributed by atoms with E-state index in [2.05, 4.69) is 20.4 Å². The molecule has 0 heterocycles. The van der Waals surface area contributed by atoms with Crippen molar-refractivity contribution in [2.45, 2.75) is 52.9 Å². The smallest absolute Gasteiger partial charge is 0.185 e. The molecule has 32 heavy (non-hydrogen) atoms. The summed E-state index contributed by atoms with van der Waals surface area (Å²) in [5.41, 5.74) is 2.53. The molecule has 0 saturated carbocycles. The number of unbranched alkanes of at least 4 members (excludes halogenated alkanes) is 2. The quantitative estimate of drug-likeness (QED) is 0.130. The maximum Gasteiger partial charge on any atom is 0.185 e. The maximum absolute atomic E-state index is 12.7. The zero-order chi connectivity index (χ0) is 23.2. The Hall–Kier alpha value is -3.01. The van der Waals surface area contributed by atoms with Crippen LogP contribution in [-0.4, -0.2) is 25.6 Å². The highest BCUT2D eigenvalue weighted by atomic mass is 16.5. The highest BCUT2D eigenvalue weighted by Gasteiger charge is 2.12. The number of ether oxygens (including phenoxy) is 3. The summed E-state index contributed by atoms with van der Waals surface area (Å²) < 4.78 is 17.5. The Morgan fingerprint density at radius 3 is 2.22 bits per heavy atom. The molecule has 172 valence electrons. The van der Waals surface area contributed by atoms with Gasteiger partial charge in [-0.05, 0) is 68.2 Å². The summed E-state index contributed by atoms with van der Waals surface area (Å²) in [6.45, 7) is 12.0. The van der Waals surface area contributed by atoms with Crippen molar-refractivity contribution in [2.24, 2.45) is 0 Å². The van der Waals surface area contributed by atoms with Crippen molar-refractivity contribution in [1.29, 1.82) is 0 Å². The van der Waals surface area contributed by atoms with Crippen LogP contribution in [-0.2, 0) is 6.42 Å². The zero-order valence-electron chi connectivity index (χ0n) is 19.7. The number of hydrogen-bond donors (Lipinski definition) is 0. The monoisotopic (exact) mass is 436 g/mol. The average molecular weight is 437 g/mol. The molecule has 0 fully saturated rings. The lowest BCUT2D eigenvalue weighted by Crippen LogP contribution is -2.04. The van der Waals surface area contributed by atoms with Crippen molar-refractivity contribution in [3.8, 4) is 17.2 Å². The third-order valence-corrected chi connectivity index (χ3v) is 4.95. The summed E-state index contributed by atoms with van der Waals surface area (Å²) in [5, 5.41) is 0. The summed E-state index contributed by atoms with van der Waals surface area (Å²) >= 11 is 0. The molecule has 0 bridgehead atoms. The molecule has 4 nitrogen and oxygen atoms in total. The third kappa shape index (κ3) is 7.92. The molecular formula is C28H36O4. The Bertz CT molecular complexity index is 881. The van der Waals surface area contributed by atoms with Gasteiger partial charge in [-0.1, -0.05) is 38.8 Å². The van der Waals surface area contributed by atoms with E-state index in [1.165, 1.54) is 0 Å². The van der Waals surface area contributed by atoms with Gasteiger partial charge in [-0.25, -0.2) is 0 Å². The lowest BCUT2D eigenvalue weighted by atomic mass is 10.0. The topological polar surface area (TPSA) is 44.8 Å². The maximum atomic E-state index is 12.7. The molecule has 2 aromatic carbocycles. The molecule has 0 aliphatic rings. The zero-order valence-corrected chi connectivity index (χ0v) is 19.7. The lowest BCUT2D eigenvalue weighted by Gasteiger charge is -2.16. The minimum absolute atomic E-state index is 0.0663. The minimum atomic E-state index is -0.0663. The molecule has 0 aliphatic carbocycles. The fraction of sp³-hybridized carbons (Fsp3) is 0.393. The Balaban J connectivity index is 2.32. The van der Waals surface area contributed by atoms with Crippen molar-refractivity contribution < 1.29 is 19.0 Å². The number of carbonyl (C=O) groups excluding carboxylic acids is 1. The molecule has 0 saturated heterocycles. The predicted octanol–water partition coefficient (Wildman–Crippen LogP) is 7.07. The van der Waals surface area contributed by atoms with Gasteiger partial charge in [0.25, 0.3) is 0 Å². The van der Waals surface area contributed by atoms with E-state index in [0.29, 0.717) is 31.8 Å². The van der Waals surface area contributed by atoms with Crippen molar-refractivity contribution in [1.82, 2.24) is 0 Å². The first-order chi connectivity index (χ1) is 15.6. The highest BCUT2D eigenvalue weighted by molar-refractivity contribution is 6.07. The van der Waals surface area contributed by atoms with Crippen LogP contribution < -0.4 is 14.2 Å². The summed E-state index contributed by atoms with van der Waals surface area (Å²) in [7, 11) is 0. The second kappa shape index (κ2) is 14.1. The fourth-order valence-electron chi connectivity index (χ4n) is 3.17. The molecule has 0 atom stereocenters. The molecule has 2 rings (SSSR count). The third-order valence-electron chi connectivity index (χ3n) is 4.95. The Kier molecular flexibility index (Phi) is 11.1. The van der Waals surface area contributed by atoms with Gasteiger partial charge in [0.1, 0.15) is 17.2 Å². The van der Waals surface area contributed by atoms with E-state index in [0.717, 1.165) is 54.1 Å². The summed E-state index contributed by atoms with van der Waals surface area (Å²) in [6.07, 6.45) is 10.0. The Morgan fingerprint density at radius 2 is 1.59 bits per heavy atom. The van der Waals surface area contributed by atoms with Crippen molar-refractivity contribution in [3.05, 3.63) is 71.8 Å². The van der Waals surface area contributed by atoms with Gasteiger partial charge in [0, 0.05) is 17.2 Å². The Morgan fingerprint density at radius 1 is 0.906 bits per heavy atom. The van der Waals surface area contributed by atoms with Crippen LogP contribution in [0.1, 0.15) is 67.9 Å². The van der Waals surface area contributed by atoms with E-state index in [4.69, 9.17) is 14.2 Å². The molecule has 0 unspecified atom stereocenters. The average Bonchev–Trinajstić information content (AvgIpc) is 2.80. The number of ketones is 1. The number of rotatable bonds is 15. The molecule has 0 aliphatic heterocycles. The second-order valence-electron chi connectivity index (χ2n) is 7.54.